The van der Waals surface area contributed by atoms with Crippen molar-refractivity contribution in [3.05, 3.63) is 12.2 Å². The molecule has 1 fully saturated rings. The molecule has 4 nitrogen and oxygen atoms in total. The monoisotopic (exact) mass is 178 g/mol. The highest BCUT2D eigenvalue weighted by Crippen LogP contribution is 2.44. The third-order valence-corrected chi connectivity index (χ3v) is 2.59. The van der Waals surface area contributed by atoms with E-state index < -0.39 is 19.9 Å². The average molecular weight is 178 g/mol. The van der Waals surface area contributed by atoms with Crippen LogP contribution in [-0.2, 0) is 4.57 Å². The van der Waals surface area contributed by atoms with Crippen molar-refractivity contribution in [3.63, 3.8) is 0 Å². The summed E-state index contributed by atoms with van der Waals surface area (Å²) >= 11 is 0. The second-order valence-corrected chi connectivity index (χ2v) is 4.58. The fourth-order valence-electron chi connectivity index (χ4n) is 1.00. The Morgan fingerprint density at radius 3 is 2.45 bits per heavy atom. The maximum Gasteiger partial charge on any atom is 0.328 e. The lowest BCUT2D eigenvalue weighted by Gasteiger charge is -2.08. The average Bonchev–Trinajstić information content (AvgIpc) is 2.41. The Balaban J connectivity index is 2.38. The summed E-state index contributed by atoms with van der Waals surface area (Å²) in [5.74, 6) is -0.0809. The number of hydrogen-bond acceptors (Lipinski definition) is 2. The molecule has 0 aromatic carbocycles. The van der Waals surface area contributed by atoms with E-state index in [2.05, 4.69) is 6.58 Å². The molecule has 1 unspecified atom stereocenters. The van der Waals surface area contributed by atoms with Crippen LogP contribution >= 0.6 is 7.60 Å². The molecule has 3 N–H and O–H groups in total. The van der Waals surface area contributed by atoms with E-state index in [1.54, 1.807) is 0 Å². The van der Waals surface area contributed by atoms with E-state index >= 15 is 0 Å². The molecule has 0 aromatic heterocycles. The first-order chi connectivity index (χ1) is 4.90. The Bertz CT molecular complexity index is 219. The summed E-state index contributed by atoms with van der Waals surface area (Å²) in [6.45, 7) is 3.59. The highest BCUT2D eigenvalue weighted by atomic mass is 31.2. The van der Waals surface area contributed by atoms with E-state index in [9.17, 15) is 4.57 Å². The number of rotatable bonds is 3. The lowest BCUT2D eigenvalue weighted by atomic mass is 10.2. The number of hydrogen-bond donors (Lipinski definition) is 3. The summed E-state index contributed by atoms with van der Waals surface area (Å²) in [6, 6.07) is 0. The maximum atomic E-state index is 10.4. The molecule has 0 aromatic rings. The largest absolute Gasteiger partial charge is 0.392 e. The Kier molecular flexibility index (Phi) is 2.21. The Labute approximate surface area is 64.7 Å². The van der Waals surface area contributed by atoms with E-state index in [1.807, 2.05) is 0 Å². The van der Waals surface area contributed by atoms with Crippen molar-refractivity contribution in [1.29, 1.82) is 0 Å². The van der Waals surface area contributed by atoms with Gasteiger partial charge in [0, 0.05) is 5.92 Å². The number of aliphatic hydroxyl groups is 1. The molecule has 64 valence electrons. The minimum Gasteiger partial charge on any atom is -0.392 e. The van der Waals surface area contributed by atoms with Gasteiger partial charge in [0.25, 0.3) is 0 Å². The highest BCUT2D eigenvalue weighted by molar-refractivity contribution is 7.51. The second-order valence-electron chi connectivity index (χ2n) is 2.88. The first-order valence-electron chi connectivity index (χ1n) is 3.30. The summed E-state index contributed by atoms with van der Waals surface area (Å²) in [6.07, 6.45) is -0.666. The summed E-state index contributed by atoms with van der Waals surface area (Å²) in [5.41, 5.74) is 0.881. The van der Waals surface area contributed by atoms with Crippen LogP contribution in [0.3, 0.4) is 0 Å². The first kappa shape index (κ1) is 8.94. The molecule has 0 bridgehead atoms. The third-order valence-electron chi connectivity index (χ3n) is 1.74. The van der Waals surface area contributed by atoms with Crippen molar-refractivity contribution in [3.8, 4) is 0 Å². The Morgan fingerprint density at radius 1 is 1.73 bits per heavy atom. The van der Waals surface area contributed by atoms with Crippen LogP contribution in [0, 0.1) is 5.92 Å². The molecule has 0 saturated heterocycles. The van der Waals surface area contributed by atoms with Crippen molar-refractivity contribution in [2.45, 2.75) is 12.5 Å². The Hall–Kier alpha value is -0.150. The van der Waals surface area contributed by atoms with Gasteiger partial charge >= 0.3 is 7.60 Å². The zero-order valence-corrected chi connectivity index (χ0v) is 6.87. The highest BCUT2D eigenvalue weighted by Gasteiger charge is 2.37. The second kappa shape index (κ2) is 2.72. The van der Waals surface area contributed by atoms with Crippen LogP contribution in [0.4, 0.5) is 0 Å². The molecular formula is C6H11O4P. The topological polar surface area (TPSA) is 77.8 Å². The van der Waals surface area contributed by atoms with Gasteiger partial charge in [-0.2, -0.15) is 0 Å². The lowest BCUT2D eigenvalue weighted by Crippen LogP contribution is -2.14. The van der Waals surface area contributed by atoms with Crippen molar-refractivity contribution < 1.29 is 19.5 Å². The Morgan fingerprint density at radius 2 is 2.18 bits per heavy atom. The molecular weight excluding hydrogens is 167 g/mol. The zero-order chi connectivity index (χ0) is 8.65. The van der Waals surface area contributed by atoms with Crippen LogP contribution < -0.4 is 0 Å². The third kappa shape index (κ3) is 2.75. The fraction of sp³-hybridized carbons (Fsp3) is 0.667. The molecule has 1 rings (SSSR count). The molecule has 0 spiro atoms. The molecule has 0 radical (unpaired) electrons. The SMILES string of the molecule is C=C1CC1[C@@H](O)CP(=O)(O)O. The van der Waals surface area contributed by atoms with Gasteiger partial charge in [0.15, 0.2) is 0 Å². The van der Waals surface area contributed by atoms with Crippen molar-refractivity contribution in [2.75, 3.05) is 6.16 Å². The fourth-order valence-corrected chi connectivity index (χ4v) is 1.74. The van der Waals surface area contributed by atoms with Gasteiger partial charge in [0.2, 0.25) is 0 Å². The van der Waals surface area contributed by atoms with Crippen molar-refractivity contribution in [1.82, 2.24) is 0 Å². The molecule has 5 heteroatoms. The molecule has 2 atom stereocenters. The molecule has 0 amide bonds. The van der Waals surface area contributed by atoms with Crippen LogP contribution in [0.1, 0.15) is 6.42 Å². The van der Waals surface area contributed by atoms with Crippen LogP contribution in [-0.4, -0.2) is 27.2 Å². The maximum absolute atomic E-state index is 10.4. The van der Waals surface area contributed by atoms with Gasteiger partial charge in [0.1, 0.15) is 0 Å². The quantitative estimate of drug-likeness (QED) is 0.423. The normalized spacial score (nSPS) is 26.8. The van der Waals surface area contributed by atoms with Crippen LogP contribution in [0.15, 0.2) is 12.2 Å². The zero-order valence-electron chi connectivity index (χ0n) is 5.97. The van der Waals surface area contributed by atoms with Gasteiger partial charge in [-0.05, 0) is 6.42 Å². The standard InChI is InChI=1S/C6H11O4P/c1-4-2-5(4)6(7)3-11(8,9)10/h5-7H,1-3H2,(H2,8,9,10)/t5?,6-/m0/s1. The molecule has 1 saturated carbocycles. The smallest absolute Gasteiger partial charge is 0.328 e. The minimum absolute atomic E-state index is 0.0809. The molecule has 0 aliphatic heterocycles. The van der Waals surface area contributed by atoms with E-state index in [-0.39, 0.29) is 5.92 Å². The van der Waals surface area contributed by atoms with Gasteiger partial charge in [-0.1, -0.05) is 12.2 Å². The van der Waals surface area contributed by atoms with Crippen LogP contribution in [0.25, 0.3) is 0 Å². The predicted molar refractivity (Wildman–Crippen MR) is 40.2 cm³/mol. The lowest BCUT2D eigenvalue weighted by molar-refractivity contribution is 0.171. The van der Waals surface area contributed by atoms with E-state index in [0.29, 0.717) is 6.42 Å². The summed E-state index contributed by atoms with van der Waals surface area (Å²) < 4.78 is 10.4. The van der Waals surface area contributed by atoms with E-state index in [4.69, 9.17) is 14.9 Å². The van der Waals surface area contributed by atoms with Gasteiger partial charge in [0.05, 0.1) is 12.3 Å². The van der Waals surface area contributed by atoms with Crippen LogP contribution in [0.2, 0.25) is 0 Å². The van der Waals surface area contributed by atoms with Crippen molar-refractivity contribution in [2.24, 2.45) is 5.92 Å². The summed E-state index contributed by atoms with van der Waals surface area (Å²) in [4.78, 5) is 16.9. The summed E-state index contributed by atoms with van der Waals surface area (Å²) in [5, 5.41) is 9.14. The summed E-state index contributed by atoms with van der Waals surface area (Å²) in [7, 11) is -4.05. The molecule has 11 heavy (non-hydrogen) atoms. The van der Waals surface area contributed by atoms with Gasteiger partial charge in [-0.3, -0.25) is 4.57 Å². The predicted octanol–water partition coefficient (Wildman–Crippen LogP) is 0.101. The molecule has 0 heterocycles. The molecule has 1 aliphatic rings. The van der Waals surface area contributed by atoms with Gasteiger partial charge in [-0.15, -0.1) is 0 Å². The van der Waals surface area contributed by atoms with E-state index in [1.165, 1.54) is 0 Å². The van der Waals surface area contributed by atoms with Crippen LogP contribution in [0.5, 0.6) is 0 Å². The van der Waals surface area contributed by atoms with E-state index in [0.717, 1.165) is 5.57 Å². The minimum atomic E-state index is -4.05. The van der Waals surface area contributed by atoms with Gasteiger partial charge < -0.3 is 14.9 Å². The first-order valence-corrected chi connectivity index (χ1v) is 5.10. The number of aliphatic hydroxyl groups excluding tert-OH is 1. The molecule has 1 aliphatic carbocycles. The van der Waals surface area contributed by atoms with Gasteiger partial charge in [-0.25, -0.2) is 0 Å². The van der Waals surface area contributed by atoms with Crippen molar-refractivity contribution >= 4 is 7.60 Å².